The number of carbonyl (C=O) groups excluding carboxylic acids is 2. The molecule has 6 heteroatoms. The van der Waals surface area contributed by atoms with E-state index in [-0.39, 0.29) is 0 Å². The summed E-state index contributed by atoms with van der Waals surface area (Å²) in [5.74, 6) is -0.906. The topological polar surface area (TPSA) is 71.1 Å². The molecule has 2 aliphatic heterocycles. The molecule has 0 N–H and O–H groups in total. The van der Waals surface area contributed by atoms with Gasteiger partial charge in [0.05, 0.1) is 24.3 Å². The van der Waals surface area contributed by atoms with Crippen LogP contribution >= 0.6 is 0 Å². The van der Waals surface area contributed by atoms with Crippen molar-refractivity contribution in [3.63, 3.8) is 0 Å². The van der Waals surface area contributed by atoms with E-state index < -0.39 is 24.5 Å². The number of hydrogen-bond acceptors (Lipinski definition) is 6. The molecule has 118 valence electrons. The Balaban J connectivity index is 1.56. The van der Waals surface area contributed by atoms with Gasteiger partial charge in [-0.1, -0.05) is 0 Å². The summed E-state index contributed by atoms with van der Waals surface area (Å²) >= 11 is 0. The minimum atomic E-state index is -0.461. The van der Waals surface area contributed by atoms with E-state index >= 15 is 0 Å². The molecule has 2 saturated heterocycles. The number of carbonyl (C=O) groups is 2. The summed E-state index contributed by atoms with van der Waals surface area (Å²) in [5, 5.41) is 0. The molecule has 2 atom stereocenters. The molecule has 0 bridgehead atoms. The van der Waals surface area contributed by atoms with Crippen LogP contribution in [0.4, 0.5) is 0 Å². The van der Waals surface area contributed by atoms with Gasteiger partial charge in [0.25, 0.3) is 0 Å². The molecule has 0 spiro atoms. The van der Waals surface area contributed by atoms with E-state index in [0.717, 1.165) is 25.7 Å². The van der Waals surface area contributed by atoms with Crippen LogP contribution in [0.15, 0.2) is 24.3 Å². The van der Waals surface area contributed by atoms with E-state index in [2.05, 4.69) is 0 Å². The first-order chi connectivity index (χ1) is 10.7. The Kier molecular flexibility index (Phi) is 4.70. The molecule has 3 rings (SSSR count). The minimum Gasteiger partial charge on any atom is -0.432 e. The zero-order chi connectivity index (χ0) is 15.4. The molecule has 0 saturated carbocycles. The summed E-state index contributed by atoms with van der Waals surface area (Å²) in [6.07, 6.45) is 2.31. The Hall–Kier alpha value is -1.92. The molecular formula is C16H18O6. The van der Waals surface area contributed by atoms with Crippen molar-refractivity contribution >= 4 is 11.9 Å². The maximum absolute atomic E-state index is 11.9. The predicted molar refractivity (Wildman–Crippen MR) is 75.2 cm³/mol. The number of esters is 2. The Labute approximate surface area is 128 Å². The van der Waals surface area contributed by atoms with Crippen LogP contribution in [0.1, 0.15) is 46.4 Å². The van der Waals surface area contributed by atoms with Gasteiger partial charge in [-0.2, -0.15) is 0 Å². The van der Waals surface area contributed by atoms with Gasteiger partial charge in [-0.05, 0) is 37.1 Å². The molecule has 2 fully saturated rings. The standard InChI is InChI=1S/C16H18O6/c17-15(21-13-3-1-9-19-13)11-5-7-12(8-6-11)16(18)22-14-4-2-10-20-14/h5-8,13-14H,1-4,9-10H2. The van der Waals surface area contributed by atoms with Crippen molar-refractivity contribution in [1.29, 1.82) is 0 Å². The van der Waals surface area contributed by atoms with Crippen LogP contribution in [0.2, 0.25) is 0 Å². The first kappa shape index (κ1) is 15.0. The smallest absolute Gasteiger partial charge is 0.340 e. The molecule has 22 heavy (non-hydrogen) atoms. The van der Waals surface area contributed by atoms with Gasteiger partial charge in [0, 0.05) is 12.8 Å². The molecule has 0 aliphatic carbocycles. The highest BCUT2D eigenvalue weighted by Crippen LogP contribution is 2.17. The predicted octanol–water partition coefficient (Wildman–Crippen LogP) is 2.27. The molecule has 1 aromatic carbocycles. The fourth-order valence-corrected chi connectivity index (χ4v) is 2.40. The van der Waals surface area contributed by atoms with Crippen molar-refractivity contribution in [3.05, 3.63) is 35.4 Å². The maximum Gasteiger partial charge on any atom is 0.340 e. The van der Waals surface area contributed by atoms with Gasteiger partial charge < -0.3 is 18.9 Å². The summed E-state index contributed by atoms with van der Waals surface area (Å²) in [7, 11) is 0. The van der Waals surface area contributed by atoms with Gasteiger partial charge in [0.1, 0.15) is 0 Å². The van der Waals surface area contributed by atoms with Crippen LogP contribution in [0, 0.1) is 0 Å². The SMILES string of the molecule is O=C(OC1CCCO1)c1ccc(C(=O)OC2CCCO2)cc1. The Morgan fingerprint density at radius 1 is 0.818 bits per heavy atom. The number of benzene rings is 1. The van der Waals surface area contributed by atoms with Crippen molar-refractivity contribution in [2.24, 2.45) is 0 Å². The van der Waals surface area contributed by atoms with E-state index in [1.165, 1.54) is 0 Å². The van der Waals surface area contributed by atoms with E-state index in [0.29, 0.717) is 24.3 Å². The minimum absolute atomic E-state index is 0.379. The van der Waals surface area contributed by atoms with E-state index in [1.54, 1.807) is 24.3 Å². The summed E-state index contributed by atoms with van der Waals surface area (Å²) in [5.41, 5.74) is 0.758. The second-order valence-corrected chi connectivity index (χ2v) is 5.27. The van der Waals surface area contributed by atoms with Crippen molar-refractivity contribution in [2.45, 2.75) is 38.3 Å². The van der Waals surface area contributed by atoms with E-state index in [9.17, 15) is 9.59 Å². The lowest BCUT2D eigenvalue weighted by Gasteiger charge is -2.12. The Morgan fingerprint density at radius 3 is 1.55 bits per heavy atom. The third-order valence-electron chi connectivity index (χ3n) is 3.61. The lowest BCUT2D eigenvalue weighted by atomic mass is 10.1. The highest BCUT2D eigenvalue weighted by atomic mass is 16.7. The van der Waals surface area contributed by atoms with Gasteiger partial charge in [0.2, 0.25) is 12.6 Å². The molecule has 0 amide bonds. The monoisotopic (exact) mass is 306 g/mol. The van der Waals surface area contributed by atoms with Gasteiger partial charge in [-0.3, -0.25) is 0 Å². The second-order valence-electron chi connectivity index (χ2n) is 5.27. The second kappa shape index (κ2) is 6.89. The summed E-state index contributed by atoms with van der Waals surface area (Å²) in [6.45, 7) is 1.23. The summed E-state index contributed by atoms with van der Waals surface area (Å²) in [4.78, 5) is 23.8. The lowest BCUT2D eigenvalue weighted by molar-refractivity contribution is -0.0785. The van der Waals surface area contributed by atoms with Crippen LogP contribution < -0.4 is 0 Å². The summed E-state index contributed by atoms with van der Waals surface area (Å²) < 4.78 is 20.9. The molecule has 6 nitrogen and oxygen atoms in total. The molecule has 2 aliphatic rings. The molecule has 1 aromatic rings. The van der Waals surface area contributed by atoms with Gasteiger partial charge in [-0.15, -0.1) is 0 Å². The third-order valence-corrected chi connectivity index (χ3v) is 3.61. The van der Waals surface area contributed by atoms with Gasteiger partial charge >= 0.3 is 11.9 Å². The molecular weight excluding hydrogens is 288 g/mol. The maximum atomic E-state index is 11.9. The highest BCUT2D eigenvalue weighted by Gasteiger charge is 2.22. The normalized spacial score (nSPS) is 24.2. The first-order valence-corrected chi connectivity index (χ1v) is 7.47. The van der Waals surface area contributed by atoms with Gasteiger partial charge in [-0.25, -0.2) is 9.59 Å². The van der Waals surface area contributed by atoms with Crippen LogP contribution in [0.5, 0.6) is 0 Å². The van der Waals surface area contributed by atoms with Crippen molar-refractivity contribution in [1.82, 2.24) is 0 Å². The molecule has 0 aromatic heterocycles. The highest BCUT2D eigenvalue weighted by molar-refractivity contribution is 5.93. The lowest BCUT2D eigenvalue weighted by Crippen LogP contribution is -2.18. The average Bonchev–Trinajstić information content (AvgIpc) is 3.21. The van der Waals surface area contributed by atoms with E-state index in [1.807, 2.05) is 0 Å². The zero-order valence-corrected chi connectivity index (χ0v) is 12.2. The molecule has 0 radical (unpaired) electrons. The third kappa shape index (κ3) is 3.64. The van der Waals surface area contributed by atoms with Crippen molar-refractivity contribution < 1.29 is 28.5 Å². The zero-order valence-electron chi connectivity index (χ0n) is 12.2. The average molecular weight is 306 g/mol. The number of rotatable bonds is 4. The van der Waals surface area contributed by atoms with E-state index in [4.69, 9.17) is 18.9 Å². The Morgan fingerprint density at radius 2 is 1.23 bits per heavy atom. The quantitative estimate of drug-likeness (QED) is 0.795. The van der Waals surface area contributed by atoms with Crippen LogP contribution in [0.3, 0.4) is 0 Å². The van der Waals surface area contributed by atoms with Crippen LogP contribution in [-0.2, 0) is 18.9 Å². The fourth-order valence-electron chi connectivity index (χ4n) is 2.40. The number of hydrogen-bond donors (Lipinski definition) is 0. The number of ether oxygens (including phenoxy) is 4. The molecule has 2 heterocycles. The van der Waals surface area contributed by atoms with Gasteiger partial charge in [0.15, 0.2) is 0 Å². The van der Waals surface area contributed by atoms with Crippen LogP contribution in [-0.4, -0.2) is 37.7 Å². The largest absolute Gasteiger partial charge is 0.432 e. The van der Waals surface area contributed by atoms with Crippen molar-refractivity contribution in [2.75, 3.05) is 13.2 Å². The van der Waals surface area contributed by atoms with Crippen molar-refractivity contribution in [3.8, 4) is 0 Å². The molecule has 2 unspecified atom stereocenters. The Bertz CT molecular complexity index is 477. The first-order valence-electron chi connectivity index (χ1n) is 7.47. The fraction of sp³-hybridized carbons (Fsp3) is 0.500. The van der Waals surface area contributed by atoms with Crippen LogP contribution in [0.25, 0.3) is 0 Å². The summed E-state index contributed by atoms with van der Waals surface area (Å²) in [6, 6.07) is 6.18.